The van der Waals surface area contributed by atoms with Crippen molar-refractivity contribution in [2.75, 3.05) is 11.9 Å². The second-order valence-corrected chi connectivity index (χ2v) is 6.32. The summed E-state index contributed by atoms with van der Waals surface area (Å²) >= 11 is 0. The van der Waals surface area contributed by atoms with E-state index in [0.29, 0.717) is 5.69 Å². The highest BCUT2D eigenvalue weighted by Crippen LogP contribution is 2.52. The average Bonchev–Trinajstić information content (AvgIpc) is 3.19. The molecular weight excluding hydrogens is 299 g/mol. The molecule has 0 spiro atoms. The van der Waals surface area contributed by atoms with Gasteiger partial charge in [-0.1, -0.05) is 12.2 Å². The summed E-state index contributed by atoms with van der Waals surface area (Å²) < 4.78 is 12.8. The van der Waals surface area contributed by atoms with Crippen LogP contribution in [0.15, 0.2) is 36.4 Å². The van der Waals surface area contributed by atoms with E-state index in [4.69, 9.17) is 0 Å². The number of anilines is 1. The average molecular weight is 314 g/mol. The molecular formula is C17H15FN2O3. The number of halogens is 1. The smallest absolute Gasteiger partial charge is 0.244 e. The minimum Gasteiger partial charge on any atom is -0.325 e. The van der Waals surface area contributed by atoms with Crippen LogP contribution in [0.25, 0.3) is 0 Å². The second kappa shape index (κ2) is 5.01. The molecule has 23 heavy (non-hydrogen) atoms. The van der Waals surface area contributed by atoms with Crippen molar-refractivity contribution in [2.45, 2.75) is 6.42 Å². The van der Waals surface area contributed by atoms with E-state index in [2.05, 4.69) is 5.32 Å². The molecule has 6 heteroatoms. The van der Waals surface area contributed by atoms with Gasteiger partial charge in [0.15, 0.2) is 0 Å². The van der Waals surface area contributed by atoms with Crippen LogP contribution in [0.4, 0.5) is 10.1 Å². The van der Waals surface area contributed by atoms with Gasteiger partial charge in [0.1, 0.15) is 12.4 Å². The molecule has 1 aromatic rings. The molecule has 1 aliphatic heterocycles. The highest BCUT2D eigenvalue weighted by molar-refractivity contribution is 6.09. The van der Waals surface area contributed by atoms with Crippen molar-refractivity contribution in [3.05, 3.63) is 42.2 Å². The topological polar surface area (TPSA) is 66.5 Å². The molecule has 4 atom stereocenters. The standard InChI is InChI=1S/C17H15FN2O3/c18-11-3-5-12(6-4-11)19-13(21)8-20-16(22)14-9-1-2-10(7-9)15(14)17(20)23/h1-6,9-10,14-15H,7-8H2,(H,19,21)/t9-,10-,14-,15-/m0/s1. The largest absolute Gasteiger partial charge is 0.325 e. The van der Waals surface area contributed by atoms with Gasteiger partial charge in [0.2, 0.25) is 17.7 Å². The molecule has 2 bridgehead atoms. The number of imide groups is 1. The number of hydrogen-bond donors (Lipinski definition) is 1. The summed E-state index contributed by atoms with van der Waals surface area (Å²) in [5, 5.41) is 2.57. The summed E-state index contributed by atoms with van der Waals surface area (Å²) in [5.74, 6) is -1.68. The minimum absolute atomic E-state index is 0.131. The van der Waals surface area contributed by atoms with E-state index in [0.717, 1.165) is 11.3 Å². The van der Waals surface area contributed by atoms with Crippen molar-refractivity contribution < 1.29 is 18.8 Å². The molecule has 3 amide bonds. The lowest BCUT2D eigenvalue weighted by atomic mass is 9.85. The first kappa shape index (κ1) is 14.1. The van der Waals surface area contributed by atoms with Crippen LogP contribution in [0.1, 0.15) is 6.42 Å². The quantitative estimate of drug-likeness (QED) is 0.680. The number of allylic oxidation sites excluding steroid dienone is 2. The number of likely N-dealkylation sites (tertiary alicyclic amines) is 1. The molecule has 0 aromatic heterocycles. The number of carbonyl (C=O) groups is 3. The number of hydrogen-bond acceptors (Lipinski definition) is 3. The first-order valence-electron chi connectivity index (χ1n) is 7.63. The molecule has 1 heterocycles. The highest BCUT2D eigenvalue weighted by Gasteiger charge is 2.59. The molecule has 118 valence electrons. The number of nitrogens with one attached hydrogen (secondary N) is 1. The Morgan fingerprint density at radius 1 is 1.09 bits per heavy atom. The van der Waals surface area contributed by atoms with Crippen LogP contribution in [0.3, 0.4) is 0 Å². The lowest BCUT2D eigenvalue weighted by Crippen LogP contribution is -2.39. The first-order valence-corrected chi connectivity index (χ1v) is 7.63. The molecule has 1 saturated heterocycles. The zero-order valence-corrected chi connectivity index (χ0v) is 12.2. The van der Waals surface area contributed by atoms with Gasteiger partial charge in [-0.05, 0) is 42.5 Å². The van der Waals surface area contributed by atoms with Gasteiger partial charge in [0, 0.05) is 5.69 Å². The number of rotatable bonds is 3. The Labute approximate surface area is 132 Å². The molecule has 0 unspecified atom stereocenters. The van der Waals surface area contributed by atoms with E-state index in [1.807, 2.05) is 12.2 Å². The van der Waals surface area contributed by atoms with E-state index in [-0.39, 0.29) is 42.0 Å². The van der Waals surface area contributed by atoms with E-state index in [1.54, 1.807) is 0 Å². The normalized spacial score (nSPS) is 30.9. The summed E-state index contributed by atoms with van der Waals surface area (Å²) in [5.41, 5.74) is 0.428. The van der Waals surface area contributed by atoms with E-state index >= 15 is 0 Å². The van der Waals surface area contributed by atoms with Crippen LogP contribution >= 0.6 is 0 Å². The van der Waals surface area contributed by atoms with Gasteiger partial charge < -0.3 is 5.32 Å². The molecule has 4 rings (SSSR count). The Bertz CT molecular complexity index is 698. The maximum Gasteiger partial charge on any atom is 0.244 e. The lowest BCUT2D eigenvalue weighted by molar-refractivity contribution is -0.143. The Kier molecular flexibility index (Phi) is 3.07. The fourth-order valence-corrected chi connectivity index (χ4v) is 4.00. The highest BCUT2D eigenvalue weighted by atomic mass is 19.1. The summed E-state index contributed by atoms with van der Waals surface area (Å²) in [4.78, 5) is 38.1. The minimum atomic E-state index is -0.460. The van der Waals surface area contributed by atoms with Gasteiger partial charge in [-0.2, -0.15) is 0 Å². The third-order valence-electron chi connectivity index (χ3n) is 4.99. The summed E-state index contributed by atoms with van der Waals surface area (Å²) in [6.07, 6.45) is 4.89. The lowest BCUT2D eigenvalue weighted by Gasteiger charge is -2.16. The van der Waals surface area contributed by atoms with Crippen molar-refractivity contribution in [3.63, 3.8) is 0 Å². The van der Waals surface area contributed by atoms with Crippen molar-refractivity contribution in [1.82, 2.24) is 4.90 Å². The summed E-state index contributed by atoms with van der Waals surface area (Å²) in [6, 6.07) is 5.32. The van der Waals surface area contributed by atoms with Gasteiger partial charge >= 0.3 is 0 Å². The van der Waals surface area contributed by atoms with Crippen LogP contribution in [0, 0.1) is 29.5 Å². The first-order chi connectivity index (χ1) is 11.0. The Balaban J connectivity index is 1.45. The fraction of sp³-hybridized carbons (Fsp3) is 0.353. The molecule has 1 N–H and O–H groups in total. The SMILES string of the molecule is O=C(CN1C(=O)[C@@H]2[C@@H](C1=O)[C@H]1C=C[C@H]2C1)Nc1ccc(F)cc1. The van der Waals surface area contributed by atoms with Crippen molar-refractivity contribution in [3.8, 4) is 0 Å². The van der Waals surface area contributed by atoms with Gasteiger partial charge in [-0.15, -0.1) is 0 Å². The van der Waals surface area contributed by atoms with Crippen LogP contribution < -0.4 is 5.32 Å². The van der Waals surface area contributed by atoms with Gasteiger partial charge in [0.05, 0.1) is 11.8 Å². The third kappa shape index (κ3) is 2.17. The van der Waals surface area contributed by atoms with Crippen molar-refractivity contribution in [1.29, 1.82) is 0 Å². The Morgan fingerprint density at radius 2 is 1.65 bits per heavy atom. The van der Waals surface area contributed by atoms with Crippen LogP contribution in [0.2, 0.25) is 0 Å². The molecule has 5 nitrogen and oxygen atoms in total. The number of carbonyl (C=O) groups excluding carboxylic acids is 3. The molecule has 2 aliphatic carbocycles. The molecule has 2 fully saturated rings. The molecule has 1 saturated carbocycles. The monoisotopic (exact) mass is 314 g/mol. The number of nitrogens with zero attached hydrogens (tertiary/aromatic N) is 1. The predicted molar refractivity (Wildman–Crippen MR) is 79.5 cm³/mol. The molecule has 1 aromatic carbocycles. The maximum absolute atomic E-state index is 12.8. The van der Waals surface area contributed by atoms with Gasteiger partial charge in [0.25, 0.3) is 0 Å². The number of amides is 3. The van der Waals surface area contributed by atoms with Crippen LogP contribution in [-0.2, 0) is 14.4 Å². The predicted octanol–water partition coefficient (Wildman–Crippen LogP) is 1.57. The summed E-state index contributed by atoms with van der Waals surface area (Å²) in [7, 11) is 0. The van der Waals surface area contributed by atoms with Crippen molar-refractivity contribution >= 4 is 23.4 Å². The zero-order valence-electron chi connectivity index (χ0n) is 12.2. The summed E-state index contributed by atoms with van der Waals surface area (Å²) in [6.45, 7) is -0.290. The Hall–Kier alpha value is -2.50. The second-order valence-electron chi connectivity index (χ2n) is 6.32. The number of benzene rings is 1. The Morgan fingerprint density at radius 3 is 2.22 bits per heavy atom. The number of fused-ring (bicyclic) bond motifs is 5. The third-order valence-corrected chi connectivity index (χ3v) is 4.99. The molecule has 3 aliphatic rings. The maximum atomic E-state index is 12.8. The van der Waals surface area contributed by atoms with Crippen LogP contribution in [0.5, 0.6) is 0 Å². The van der Waals surface area contributed by atoms with E-state index in [1.165, 1.54) is 24.3 Å². The van der Waals surface area contributed by atoms with Gasteiger partial charge in [-0.25, -0.2) is 4.39 Å². The molecule has 0 radical (unpaired) electrons. The van der Waals surface area contributed by atoms with Gasteiger partial charge in [-0.3, -0.25) is 19.3 Å². The van der Waals surface area contributed by atoms with Crippen LogP contribution in [-0.4, -0.2) is 29.2 Å². The zero-order chi connectivity index (χ0) is 16.1. The fourth-order valence-electron chi connectivity index (χ4n) is 4.00. The van der Waals surface area contributed by atoms with Crippen molar-refractivity contribution in [2.24, 2.45) is 23.7 Å². The van der Waals surface area contributed by atoms with E-state index in [9.17, 15) is 18.8 Å². The van der Waals surface area contributed by atoms with E-state index < -0.39 is 11.7 Å².